The largest absolute Gasteiger partial charge is 0.497 e. The predicted octanol–water partition coefficient (Wildman–Crippen LogP) is 6.08. The van der Waals surface area contributed by atoms with Gasteiger partial charge in [0.1, 0.15) is 11.6 Å². The topological polar surface area (TPSA) is 57.7 Å². The number of aromatic nitrogens is 1. The van der Waals surface area contributed by atoms with E-state index >= 15 is 0 Å². The van der Waals surface area contributed by atoms with E-state index in [0.717, 1.165) is 69.9 Å². The summed E-state index contributed by atoms with van der Waals surface area (Å²) in [6.07, 6.45) is 8.22. The van der Waals surface area contributed by atoms with Crippen molar-refractivity contribution in [3.8, 4) is 5.75 Å². The summed E-state index contributed by atoms with van der Waals surface area (Å²) in [6.45, 7) is 3.06. The van der Waals surface area contributed by atoms with Crippen molar-refractivity contribution in [2.75, 3.05) is 38.2 Å². The molecule has 2 aliphatic carbocycles. The van der Waals surface area contributed by atoms with Gasteiger partial charge in [-0.05, 0) is 96.7 Å². The summed E-state index contributed by atoms with van der Waals surface area (Å²) in [5, 5.41) is 9.14. The number of nitrogens with one attached hydrogen (secondary N) is 1. The van der Waals surface area contributed by atoms with Gasteiger partial charge in [0.25, 0.3) is 0 Å². The summed E-state index contributed by atoms with van der Waals surface area (Å²) >= 11 is 7.75. The Hall–Kier alpha value is -2.61. The molecule has 1 N–H and O–H groups in total. The van der Waals surface area contributed by atoms with Crippen LogP contribution in [0.5, 0.6) is 5.75 Å². The first-order valence-electron chi connectivity index (χ1n) is 14.1. The van der Waals surface area contributed by atoms with Gasteiger partial charge >= 0.3 is 0 Å². The molecule has 1 amide bonds. The fraction of sp³-hybridized carbons (Fsp3) is 0.484. The zero-order valence-electron chi connectivity index (χ0n) is 22.5. The molecule has 0 radical (unpaired) electrons. The number of piperazine rings is 1. The van der Waals surface area contributed by atoms with E-state index in [1.165, 1.54) is 17.5 Å². The number of benzene rings is 1. The number of rotatable bonds is 7. The van der Waals surface area contributed by atoms with Crippen molar-refractivity contribution >= 4 is 34.7 Å². The number of ether oxygens (including phenoxy) is 1. The Morgan fingerprint density at radius 3 is 2.49 bits per heavy atom. The molecule has 6 nitrogen and oxygen atoms in total. The summed E-state index contributed by atoms with van der Waals surface area (Å²) in [7, 11) is 1.72. The first-order chi connectivity index (χ1) is 19.0. The Morgan fingerprint density at radius 2 is 1.87 bits per heavy atom. The maximum Gasteiger partial charge on any atom is 0.226 e. The highest BCUT2D eigenvalue weighted by Crippen LogP contribution is 2.46. The minimum Gasteiger partial charge on any atom is -0.497 e. The molecule has 6 rings (SSSR count). The predicted molar refractivity (Wildman–Crippen MR) is 158 cm³/mol. The van der Waals surface area contributed by atoms with Crippen molar-refractivity contribution in [1.29, 1.82) is 0 Å². The van der Waals surface area contributed by atoms with E-state index in [0.29, 0.717) is 17.0 Å². The molecule has 1 aromatic carbocycles. The van der Waals surface area contributed by atoms with Crippen LogP contribution in [0.15, 0.2) is 59.4 Å². The molecule has 3 aliphatic rings. The molecule has 0 bridgehead atoms. The van der Waals surface area contributed by atoms with Crippen LogP contribution < -0.4 is 15.0 Å². The number of amides is 1. The van der Waals surface area contributed by atoms with E-state index < -0.39 is 0 Å². The van der Waals surface area contributed by atoms with Crippen molar-refractivity contribution < 1.29 is 9.53 Å². The van der Waals surface area contributed by atoms with Gasteiger partial charge in [-0.3, -0.25) is 4.79 Å². The van der Waals surface area contributed by atoms with Gasteiger partial charge in [-0.25, -0.2) is 4.98 Å². The Balaban J connectivity index is 1.13. The number of carbonyl (C=O) groups is 1. The Morgan fingerprint density at radius 1 is 1.08 bits per heavy atom. The van der Waals surface area contributed by atoms with Crippen molar-refractivity contribution in [3.05, 3.63) is 75.6 Å². The first kappa shape index (κ1) is 26.6. The van der Waals surface area contributed by atoms with Gasteiger partial charge < -0.3 is 19.9 Å². The molecule has 0 unspecified atom stereocenters. The van der Waals surface area contributed by atoms with Crippen LogP contribution in [0.4, 0.5) is 5.82 Å². The summed E-state index contributed by atoms with van der Waals surface area (Å²) < 4.78 is 5.39. The molecule has 0 spiro atoms. The van der Waals surface area contributed by atoms with Gasteiger partial charge in [0.15, 0.2) is 0 Å². The smallest absolute Gasteiger partial charge is 0.226 e. The standard InChI is InChI=1S/C31H37ClN4O2S/c1-38-26-7-3-23(4-8-26)31(12-2-13-31)34-25-6-9-27(28(19-25)22-11-18-39-21-22)30(37)36-16-14-35(15-17-36)29-10-5-24(32)20-33-29/h3-5,7-8,10-11,18,20-21,25,27-28,34H,2,6,9,12-17,19H2,1H3/t25-,27+,28-/m1/s1. The molecule has 1 aliphatic heterocycles. The molecule has 2 aromatic heterocycles. The monoisotopic (exact) mass is 564 g/mol. The fourth-order valence-electron chi connectivity index (χ4n) is 6.74. The number of methoxy groups -OCH3 is 1. The lowest BCUT2D eigenvalue weighted by Crippen LogP contribution is -2.55. The Labute approximate surface area is 240 Å². The van der Waals surface area contributed by atoms with Gasteiger partial charge in [0, 0.05) is 49.9 Å². The molecule has 8 heteroatoms. The van der Waals surface area contributed by atoms with Gasteiger partial charge in [-0.1, -0.05) is 23.7 Å². The number of nitrogens with zero attached hydrogens (tertiary/aromatic N) is 3. The van der Waals surface area contributed by atoms with E-state index in [9.17, 15) is 4.79 Å². The molecule has 1 saturated heterocycles. The zero-order valence-corrected chi connectivity index (χ0v) is 24.1. The summed E-state index contributed by atoms with van der Waals surface area (Å²) in [5.74, 6) is 2.43. The van der Waals surface area contributed by atoms with Crippen LogP contribution >= 0.6 is 22.9 Å². The molecule has 39 heavy (non-hydrogen) atoms. The number of hydrogen-bond donors (Lipinski definition) is 1. The highest BCUT2D eigenvalue weighted by atomic mass is 35.5. The van der Waals surface area contributed by atoms with E-state index in [1.54, 1.807) is 24.6 Å². The third-order valence-corrected chi connectivity index (χ3v) is 10.0. The molecule has 3 aromatic rings. The quantitative estimate of drug-likeness (QED) is 0.377. The molecular weight excluding hydrogens is 528 g/mol. The summed E-state index contributed by atoms with van der Waals surface area (Å²) in [4.78, 5) is 22.7. The first-order valence-corrected chi connectivity index (χ1v) is 15.5. The Kier molecular flexibility index (Phi) is 7.83. The second-order valence-electron chi connectivity index (χ2n) is 11.2. The number of thiophene rings is 1. The number of anilines is 1. The molecular formula is C31H37ClN4O2S. The van der Waals surface area contributed by atoms with Crippen molar-refractivity contribution in [3.63, 3.8) is 0 Å². The van der Waals surface area contributed by atoms with Crippen molar-refractivity contribution in [2.24, 2.45) is 5.92 Å². The lowest BCUT2D eigenvalue weighted by atomic mass is 9.68. The van der Waals surface area contributed by atoms with E-state index in [4.69, 9.17) is 16.3 Å². The number of hydrogen-bond acceptors (Lipinski definition) is 6. The molecule has 3 heterocycles. The number of pyridine rings is 1. The lowest BCUT2D eigenvalue weighted by molar-refractivity contribution is -0.137. The molecule has 3 atom stereocenters. The SMILES string of the molecule is COc1ccc(C2(N[C@@H]3CC[C@H](C(=O)N4CCN(c5ccc(Cl)cn5)CC4)[C@@H](c4ccsc4)C3)CCC2)cc1. The van der Waals surface area contributed by atoms with E-state index in [1.807, 2.05) is 12.1 Å². The van der Waals surface area contributed by atoms with Gasteiger partial charge in [0.05, 0.1) is 12.1 Å². The van der Waals surface area contributed by atoms with Gasteiger partial charge in [-0.15, -0.1) is 0 Å². The average molecular weight is 565 g/mol. The third kappa shape index (κ3) is 5.54. The van der Waals surface area contributed by atoms with Crippen molar-refractivity contribution in [1.82, 2.24) is 15.2 Å². The van der Waals surface area contributed by atoms with Crippen LogP contribution in [0.3, 0.4) is 0 Å². The third-order valence-electron chi connectivity index (χ3n) is 9.10. The second kappa shape index (κ2) is 11.5. The van der Waals surface area contributed by atoms with E-state index in [-0.39, 0.29) is 17.4 Å². The van der Waals surface area contributed by atoms with Crippen LogP contribution in [0.25, 0.3) is 0 Å². The Bertz CT molecular complexity index is 1240. The number of carbonyl (C=O) groups excluding carboxylic acids is 1. The summed E-state index contributed by atoms with van der Waals surface area (Å²) in [6, 6.07) is 15.0. The van der Waals surface area contributed by atoms with Gasteiger partial charge in [-0.2, -0.15) is 11.3 Å². The minimum atomic E-state index is 0.0381. The average Bonchev–Trinajstić information content (AvgIpc) is 3.50. The minimum absolute atomic E-state index is 0.0381. The van der Waals surface area contributed by atoms with Crippen molar-refractivity contribution in [2.45, 2.75) is 56.0 Å². The fourth-order valence-corrected chi connectivity index (χ4v) is 7.58. The highest BCUT2D eigenvalue weighted by molar-refractivity contribution is 7.08. The van der Waals surface area contributed by atoms with Crippen LogP contribution in [0.1, 0.15) is 55.6 Å². The molecule has 2 saturated carbocycles. The van der Waals surface area contributed by atoms with Crippen LogP contribution in [0, 0.1) is 5.92 Å². The normalized spacial score (nSPS) is 24.7. The lowest BCUT2D eigenvalue weighted by Gasteiger charge is -2.48. The van der Waals surface area contributed by atoms with Crippen LogP contribution in [0.2, 0.25) is 5.02 Å². The molecule has 206 valence electrons. The maximum absolute atomic E-state index is 13.9. The van der Waals surface area contributed by atoms with Crippen LogP contribution in [-0.4, -0.2) is 55.1 Å². The highest BCUT2D eigenvalue weighted by Gasteiger charge is 2.44. The summed E-state index contributed by atoms with van der Waals surface area (Å²) in [5.41, 5.74) is 2.72. The zero-order chi connectivity index (χ0) is 26.8. The maximum atomic E-state index is 13.9. The van der Waals surface area contributed by atoms with Gasteiger partial charge in [0.2, 0.25) is 5.91 Å². The van der Waals surface area contributed by atoms with E-state index in [2.05, 4.69) is 61.2 Å². The second-order valence-corrected chi connectivity index (χ2v) is 12.5. The van der Waals surface area contributed by atoms with Crippen LogP contribution in [-0.2, 0) is 10.3 Å². The molecule has 3 fully saturated rings. The number of halogens is 1.